The molecule has 1 aliphatic rings. The molecule has 1 aromatic rings. The average molecular weight is 332 g/mol. The van der Waals surface area contributed by atoms with Gasteiger partial charge in [-0.3, -0.25) is 0 Å². The summed E-state index contributed by atoms with van der Waals surface area (Å²) in [5.41, 5.74) is 0. The Labute approximate surface area is 131 Å². The van der Waals surface area contributed by atoms with Crippen molar-refractivity contribution in [1.82, 2.24) is 14.9 Å². The Hall–Kier alpha value is -0.470. The van der Waals surface area contributed by atoms with E-state index in [0.29, 0.717) is 23.9 Å². The molecule has 120 valence electrons. The van der Waals surface area contributed by atoms with Gasteiger partial charge in [0.15, 0.2) is 0 Å². The highest BCUT2D eigenvalue weighted by molar-refractivity contribution is 7.89. The summed E-state index contributed by atoms with van der Waals surface area (Å²) in [7, 11) is -1.31. The molecule has 0 aliphatic carbocycles. The summed E-state index contributed by atoms with van der Waals surface area (Å²) in [6.07, 6.45) is 2.11. The van der Waals surface area contributed by atoms with Gasteiger partial charge >= 0.3 is 0 Å². The summed E-state index contributed by atoms with van der Waals surface area (Å²) < 4.78 is 27.7. The second-order valence-electron chi connectivity index (χ2n) is 5.65. The highest BCUT2D eigenvalue weighted by atomic mass is 32.2. The van der Waals surface area contributed by atoms with Crippen molar-refractivity contribution in [3.05, 3.63) is 16.3 Å². The first-order chi connectivity index (χ1) is 10.0. The molecule has 21 heavy (non-hydrogen) atoms. The van der Waals surface area contributed by atoms with E-state index in [1.807, 2.05) is 5.38 Å². The molecule has 0 spiro atoms. The Balaban J connectivity index is 1.94. The lowest BCUT2D eigenvalue weighted by atomic mass is 10.1. The van der Waals surface area contributed by atoms with Crippen LogP contribution in [0.15, 0.2) is 16.3 Å². The number of nitrogens with one attached hydrogen (secondary N) is 2. The first kappa shape index (κ1) is 16.9. The van der Waals surface area contributed by atoms with Crippen molar-refractivity contribution < 1.29 is 8.42 Å². The molecule has 1 saturated heterocycles. The van der Waals surface area contributed by atoms with E-state index in [1.165, 1.54) is 11.3 Å². The Morgan fingerprint density at radius 1 is 1.48 bits per heavy atom. The summed E-state index contributed by atoms with van der Waals surface area (Å²) in [6.45, 7) is 6.17. The molecular weight excluding hydrogens is 306 g/mol. The molecule has 2 N–H and O–H groups in total. The molecule has 7 heteroatoms. The first-order valence-corrected chi connectivity index (χ1v) is 9.84. The maximum Gasteiger partial charge on any atom is 0.241 e. The van der Waals surface area contributed by atoms with Gasteiger partial charge in [0.2, 0.25) is 10.0 Å². The SMILES string of the molecule is CCCNCc1sccc1S(=O)(=O)NCC1CCN(C)C1. The van der Waals surface area contributed by atoms with E-state index in [2.05, 4.69) is 28.9 Å². The van der Waals surface area contributed by atoms with Gasteiger partial charge in [-0.15, -0.1) is 11.3 Å². The molecular formula is C14H25N3O2S2. The van der Waals surface area contributed by atoms with E-state index in [1.54, 1.807) is 6.07 Å². The molecule has 1 aliphatic heterocycles. The lowest BCUT2D eigenvalue weighted by Gasteiger charge is -2.12. The van der Waals surface area contributed by atoms with Crippen LogP contribution in [-0.2, 0) is 16.6 Å². The van der Waals surface area contributed by atoms with Crippen LogP contribution in [0, 0.1) is 5.92 Å². The minimum absolute atomic E-state index is 0.421. The van der Waals surface area contributed by atoms with Crippen LogP contribution in [0.1, 0.15) is 24.6 Å². The standard InChI is InChI=1S/C14H25N3O2S2/c1-3-6-15-10-13-14(5-8-20-13)21(18,19)16-9-12-4-7-17(2)11-12/h5,8,12,15-16H,3-4,6-7,9-11H2,1-2H3. The third-order valence-corrected chi connectivity index (χ3v) is 6.32. The van der Waals surface area contributed by atoms with Crippen LogP contribution in [0.5, 0.6) is 0 Å². The van der Waals surface area contributed by atoms with E-state index in [-0.39, 0.29) is 0 Å². The van der Waals surface area contributed by atoms with Crippen molar-refractivity contribution in [3.63, 3.8) is 0 Å². The largest absolute Gasteiger partial charge is 0.312 e. The molecule has 0 radical (unpaired) electrons. The van der Waals surface area contributed by atoms with Crippen molar-refractivity contribution >= 4 is 21.4 Å². The van der Waals surface area contributed by atoms with Crippen LogP contribution in [0.25, 0.3) is 0 Å². The van der Waals surface area contributed by atoms with Crippen LogP contribution in [0.4, 0.5) is 0 Å². The molecule has 1 unspecified atom stereocenters. The van der Waals surface area contributed by atoms with Gasteiger partial charge in [-0.2, -0.15) is 0 Å². The highest BCUT2D eigenvalue weighted by Crippen LogP contribution is 2.22. The zero-order chi connectivity index (χ0) is 15.3. The van der Waals surface area contributed by atoms with Gasteiger partial charge in [0.25, 0.3) is 0 Å². The minimum atomic E-state index is -3.39. The smallest absolute Gasteiger partial charge is 0.241 e. The van der Waals surface area contributed by atoms with Gasteiger partial charge in [-0.1, -0.05) is 6.92 Å². The second kappa shape index (κ2) is 7.69. The summed E-state index contributed by atoms with van der Waals surface area (Å²) in [6, 6.07) is 1.71. The Morgan fingerprint density at radius 3 is 2.95 bits per heavy atom. The highest BCUT2D eigenvalue weighted by Gasteiger charge is 2.24. The zero-order valence-electron chi connectivity index (χ0n) is 12.8. The molecule has 2 rings (SSSR count). The second-order valence-corrected chi connectivity index (χ2v) is 8.39. The number of rotatable bonds is 8. The minimum Gasteiger partial charge on any atom is -0.312 e. The predicted molar refractivity (Wildman–Crippen MR) is 87.1 cm³/mol. The summed E-state index contributed by atoms with van der Waals surface area (Å²) in [4.78, 5) is 3.56. The van der Waals surface area contributed by atoms with E-state index in [9.17, 15) is 8.42 Å². The Bertz CT molecular complexity index is 542. The van der Waals surface area contributed by atoms with Crippen LogP contribution < -0.4 is 10.0 Å². The molecule has 1 atom stereocenters. The van der Waals surface area contributed by atoms with Crippen molar-refractivity contribution in [1.29, 1.82) is 0 Å². The van der Waals surface area contributed by atoms with Gasteiger partial charge in [-0.05, 0) is 50.3 Å². The monoisotopic (exact) mass is 331 g/mol. The summed E-state index contributed by atoms with van der Waals surface area (Å²) in [5, 5.41) is 5.11. The van der Waals surface area contributed by atoms with Gasteiger partial charge in [0.1, 0.15) is 0 Å². The molecule has 1 aromatic heterocycles. The predicted octanol–water partition coefficient (Wildman–Crippen LogP) is 1.48. The molecule has 5 nitrogen and oxygen atoms in total. The van der Waals surface area contributed by atoms with Gasteiger partial charge in [0, 0.05) is 24.5 Å². The third-order valence-electron chi connectivity index (χ3n) is 3.76. The zero-order valence-corrected chi connectivity index (χ0v) is 14.4. The van der Waals surface area contributed by atoms with E-state index >= 15 is 0 Å². The number of sulfonamides is 1. The van der Waals surface area contributed by atoms with Crippen molar-refractivity contribution in [3.8, 4) is 0 Å². The number of nitrogens with zero attached hydrogens (tertiary/aromatic N) is 1. The van der Waals surface area contributed by atoms with Crippen LogP contribution >= 0.6 is 11.3 Å². The summed E-state index contributed by atoms with van der Waals surface area (Å²) >= 11 is 1.50. The molecule has 1 fully saturated rings. The van der Waals surface area contributed by atoms with Crippen molar-refractivity contribution in [2.24, 2.45) is 5.92 Å². The fourth-order valence-corrected chi connectivity index (χ4v) is 5.10. The lowest BCUT2D eigenvalue weighted by molar-refractivity contribution is 0.394. The topological polar surface area (TPSA) is 61.4 Å². The Morgan fingerprint density at radius 2 is 2.29 bits per heavy atom. The van der Waals surface area contributed by atoms with Gasteiger partial charge < -0.3 is 10.2 Å². The van der Waals surface area contributed by atoms with Crippen LogP contribution in [0.3, 0.4) is 0 Å². The molecule has 0 amide bonds. The first-order valence-electron chi connectivity index (χ1n) is 7.48. The summed E-state index contributed by atoms with van der Waals surface area (Å²) in [5.74, 6) is 0.421. The average Bonchev–Trinajstić information content (AvgIpc) is 3.06. The normalized spacial score (nSPS) is 20.2. The fraction of sp³-hybridized carbons (Fsp3) is 0.714. The maximum absolute atomic E-state index is 12.4. The molecule has 0 bridgehead atoms. The van der Waals surface area contributed by atoms with Gasteiger partial charge in [-0.25, -0.2) is 13.1 Å². The fourth-order valence-electron chi connectivity index (χ4n) is 2.57. The molecule has 2 heterocycles. The van der Waals surface area contributed by atoms with Crippen LogP contribution in [-0.4, -0.2) is 46.5 Å². The number of thiophene rings is 1. The van der Waals surface area contributed by atoms with E-state index in [0.717, 1.165) is 37.4 Å². The molecule has 0 aromatic carbocycles. The quantitative estimate of drug-likeness (QED) is 0.708. The van der Waals surface area contributed by atoms with Crippen LogP contribution in [0.2, 0.25) is 0 Å². The number of hydrogen-bond acceptors (Lipinski definition) is 5. The van der Waals surface area contributed by atoms with E-state index < -0.39 is 10.0 Å². The number of likely N-dealkylation sites (tertiary alicyclic amines) is 1. The number of hydrogen-bond donors (Lipinski definition) is 2. The van der Waals surface area contributed by atoms with E-state index in [4.69, 9.17) is 0 Å². The third kappa shape index (κ3) is 4.75. The van der Waals surface area contributed by atoms with Crippen molar-refractivity contribution in [2.45, 2.75) is 31.2 Å². The Kier molecular flexibility index (Phi) is 6.19. The maximum atomic E-state index is 12.4. The lowest BCUT2D eigenvalue weighted by Crippen LogP contribution is -2.31. The van der Waals surface area contributed by atoms with Crippen molar-refractivity contribution in [2.75, 3.05) is 33.2 Å². The van der Waals surface area contributed by atoms with Gasteiger partial charge in [0.05, 0.1) is 4.90 Å². The molecule has 0 saturated carbocycles.